The van der Waals surface area contributed by atoms with Gasteiger partial charge in [-0.2, -0.15) is 0 Å². The first-order valence-corrected chi connectivity index (χ1v) is 27.6. The van der Waals surface area contributed by atoms with E-state index in [1.54, 1.807) is 103 Å². The van der Waals surface area contributed by atoms with Gasteiger partial charge in [0.05, 0.1) is 24.8 Å². The van der Waals surface area contributed by atoms with Crippen LogP contribution in [0, 0.1) is 0 Å². The van der Waals surface area contributed by atoms with E-state index < -0.39 is 46.3 Å². The quantitative estimate of drug-likeness (QED) is 0.145. The first kappa shape index (κ1) is 54.3. The van der Waals surface area contributed by atoms with E-state index in [2.05, 4.69) is 29.8 Å². The Morgan fingerprint density at radius 3 is 1.48 bits per heavy atom. The predicted molar refractivity (Wildman–Crippen MR) is 297 cm³/mol. The molecule has 3 fully saturated rings. The van der Waals surface area contributed by atoms with Crippen molar-refractivity contribution in [3.8, 4) is 56.7 Å². The second-order valence-electron chi connectivity index (χ2n) is 20.7. The third-order valence-corrected chi connectivity index (χ3v) is 15.5. The summed E-state index contributed by atoms with van der Waals surface area (Å²) < 4.78 is 39.2. The van der Waals surface area contributed by atoms with E-state index in [0.717, 1.165) is 38.8 Å². The van der Waals surface area contributed by atoms with Crippen LogP contribution in [0.25, 0.3) is 56.7 Å². The van der Waals surface area contributed by atoms with Crippen molar-refractivity contribution in [3.63, 3.8) is 0 Å². The average molecular weight is 1140 g/mol. The van der Waals surface area contributed by atoms with Crippen molar-refractivity contribution in [3.05, 3.63) is 184 Å². The highest BCUT2D eigenvalue weighted by molar-refractivity contribution is 6.54. The van der Waals surface area contributed by atoms with Crippen LogP contribution < -0.4 is 0 Å². The summed E-state index contributed by atoms with van der Waals surface area (Å²) in [6, 6.07) is 31.3. The number of hydrogen-bond donors (Lipinski definition) is 0. The molecule has 85 heavy (non-hydrogen) atoms. The van der Waals surface area contributed by atoms with E-state index in [9.17, 15) is 38.4 Å². The van der Waals surface area contributed by atoms with Crippen LogP contribution in [0.2, 0.25) is 0 Å². The van der Waals surface area contributed by atoms with Gasteiger partial charge in [-0.15, -0.1) is 0 Å². The van der Waals surface area contributed by atoms with Gasteiger partial charge in [0.25, 0.3) is 23.1 Å². The molecule has 3 saturated heterocycles. The number of oxazole rings is 4. The molecule has 5 aromatic heterocycles. The van der Waals surface area contributed by atoms with Crippen molar-refractivity contribution in [2.45, 2.75) is 50.7 Å². The number of Topliss-reactive ketones (excluding diaryl/α,β-unsaturated/α-hetero) is 8. The van der Waals surface area contributed by atoms with Gasteiger partial charge in [0, 0.05) is 95.7 Å². The van der Waals surface area contributed by atoms with Crippen molar-refractivity contribution >= 4 is 46.3 Å². The topological polar surface area (TPSA) is 284 Å². The van der Waals surface area contributed by atoms with E-state index in [1.165, 1.54) is 0 Å². The fourth-order valence-corrected chi connectivity index (χ4v) is 11.1. The molecule has 16 rings (SSSR count). The number of carbonyl (C=O) groups excluding carboxylic acids is 8. The Balaban J connectivity index is 0.000000106. The fourth-order valence-electron chi connectivity index (χ4n) is 11.1. The molecule has 4 aromatic carbocycles. The number of morpholine rings is 1. The smallest absolute Gasteiger partial charge is 0.271 e. The number of ketones is 8. The summed E-state index contributed by atoms with van der Waals surface area (Å²) in [4.78, 5) is 121. The molecule has 424 valence electrons. The molecular weight excluding hydrogens is 1090 g/mol. The molecule has 2 unspecified atom stereocenters. The van der Waals surface area contributed by atoms with Crippen molar-refractivity contribution < 1.29 is 70.2 Å². The number of rotatable bonds is 5. The first-order chi connectivity index (χ1) is 41.4. The lowest BCUT2D eigenvalue weighted by atomic mass is 9.91. The molecule has 0 amide bonds. The van der Waals surface area contributed by atoms with Crippen LogP contribution in [0.15, 0.2) is 139 Å². The number of nitrogens with zero attached hydrogens (tertiary/aromatic N) is 6. The Bertz CT molecular complexity index is 4210. The van der Waals surface area contributed by atoms with Crippen molar-refractivity contribution in [2.24, 2.45) is 0 Å². The number of aromatic nitrogens is 5. The van der Waals surface area contributed by atoms with Crippen LogP contribution in [0.1, 0.15) is 152 Å². The molecule has 0 saturated carbocycles. The lowest BCUT2D eigenvalue weighted by molar-refractivity contribution is 0.0147. The lowest BCUT2D eigenvalue weighted by Crippen LogP contribution is -2.38. The Morgan fingerprint density at radius 2 is 0.918 bits per heavy atom. The van der Waals surface area contributed by atoms with Crippen LogP contribution in [0.5, 0.6) is 0 Å². The summed E-state index contributed by atoms with van der Waals surface area (Å²) in [5.74, 6) is -1.51. The van der Waals surface area contributed by atoms with Crippen molar-refractivity contribution in [2.75, 3.05) is 46.1 Å². The van der Waals surface area contributed by atoms with E-state index in [4.69, 9.17) is 31.9 Å². The van der Waals surface area contributed by atoms with Gasteiger partial charge in [-0.05, 0) is 44.7 Å². The SMILES string of the molecule is CC(c1nc2c(o1)-c1ccccc1C(=O)C2=O)N1CCOCC1.O=C1C(=O)c2nc(-c3cccnc3)oc2-c2ccccc21.O=C1C(=O)c2nc(C3CCOCC3)oc2-c2ccccc21.O=C1C(=O)c2oc(C3CCCO3)nc2-c2ccccc21. The standard InChI is InChI=1S/C17H16N2O4.C16H8N2O3.C16H13NO4.C15H11NO4/c1-10(19-6-8-22-9-7-19)17-18-13-15(21)14(20)11-4-2-3-5-12(11)16(13)23-17;19-13-10-5-1-2-6-11(10)15-12(14(13)20)18-16(21-15)9-4-3-7-17-8-9;18-13-10-3-1-2-4-11(10)15-12(14(13)19)17-16(21-15)9-5-7-20-8-6-9;17-12-9-5-2-1-4-8(9)11-14(13(12)18)20-15(16-11)10-6-3-7-19-10/h2-5,10H,6-9H2,1H3;1-8H;1-4,9H,5-8H2;1-2,4-5,10H,3,6-7H2. The summed E-state index contributed by atoms with van der Waals surface area (Å²) in [5.41, 5.74) is 5.52. The summed E-state index contributed by atoms with van der Waals surface area (Å²) >= 11 is 0. The summed E-state index contributed by atoms with van der Waals surface area (Å²) in [6.45, 7) is 6.91. The summed E-state index contributed by atoms with van der Waals surface area (Å²) in [6.07, 6.45) is 6.43. The van der Waals surface area contributed by atoms with Crippen LogP contribution >= 0.6 is 0 Å². The lowest BCUT2D eigenvalue weighted by Gasteiger charge is -2.30. The maximum atomic E-state index is 12.3. The van der Waals surface area contributed by atoms with E-state index in [-0.39, 0.29) is 46.8 Å². The number of ether oxygens (including phenoxy) is 3. The van der Waals surface area contributed by atoms with Crippen LogP contribution in [0.4, 0.5) is 0 Å². The highest BCUT2D eigenvalue weighted by Crippen LogP contribution is 2.41. The number of carbonyl (C=O) groups is 8. The monoisotopic (exact) mass is 1140 g/mol. The summed E-state index contributed by atoms with van der Waals surface area (Å²) in [5, 5.41) is 0. The molecule has 0 spiro atoms. The highest BCUT2D eigenvalue weighted by Gasteiger charge is 2.41. The van der Waals surface area contributed by atoms with E-state index in [1.807, 2.05) is 25.1 Å². The Kier molecular flexibility index (Phi) is 14.5. The van der Waals surface area contributed by atoms with Crippen molar-refractivity contribution in [1.29, 1.82) is 0 Å². The van der Waals surface area contributed by atoms with Gasteiger partial charge in [0.2, 0.25) is 46.6 Å². The Labute approximate surface area is 482 Å². The Hall–Kier alpha value is -9.93. The van der Waals surface area contributed by atoms with Gasteiger partial charge < -0.3 is 31.9 Å². The molecule has 21 heteroatoms. The van der Waals surface area contributed by atoms with E-state index in [0.29, 0.717) is 124 Å². The molecular formula is C64H48N6O15. The molecule has 0 bridgehead atoms. The molecule has 0 radical (unpaired) electrons. The third kappa shape index (κ3) is 9.91. The third-order valence-electron chi connectivity index (χ3n) is 15.5. The zero-order chi connectivity index (χ0) is 58.5. The molecule has 4 aliphatic carbocycles. The highest BCUT2D eigenvalue weighted by atomic mass is 16.5. The molecule has 3 aliphatic heterocycles. The first-order valence-electron chi connectivity index (χ1n) is 27.6. The number of fused-ring (bicyclic) bond motifs is 12. The second kappa shape index (κ2) is 22.7. The molecule has 0 N–H and O–H groups in total. The molecule has 2 atom stereocenters. The van der Waals surface area contributed by atoms with Gasteiger partial charge in [-0.25, -0.2) is 19.9 Å². The minimum Gasteiger partial charge on any atom is -0.440 e. The average Bonchev–Trinajstić information content (AvgIpc) is 3.66. The van der Waals surface area contributed by atoms with Gasteiger partial charge >= 0.3 is 0 Å². The minimum absolute atomic E-state index is 0.0409. The van der Waals surface area contributed by atoms with Gasteiger partial charge in [-0.1, -0.05) is 97.1 Å². The maximum absolute atomic E-state index is 12.3. The summed E-state index contributed by atoms with van der Waals surface area (Å²) in [7, 11) is 0. The van der Waals surface area contributed by atoms with Gasteiger partial charge in [0.15, 0.2) is 40.3 Å². The number of benzene rings is 4. The predicted octanol–water partition coefficient (Wildman–Crippen LogP) is 10.1. The number of hydrogen-bond acceptors (Lipinski definition) is 21. The largest absolute Gasteiger partial charge is 0.440 e. The fraction of sp³-hybridized carbons (Fsp3) is 0.234. The second-order valence-corrected chi connectivity index (χ2v) is 20.7. The normalized spacial score (nSPS) is 17.9. The van der Waals surface area contributed by atoms with Gasteiger partial charge in [0.1, 0.15) is 11.8 Å². The minimum atomic E-state index is -0.636. The Morgan fingerprint density at radius 1 is 0.435 bits per heavy atom. The van der Waals surface area contributed by atoms with Crippen LogP contribution in [0.3, 0.4) is 0 Å². The van der Waals surface area contributed by atoms with E-state index >= 15 is 0 Å². The van der Waals surface area contributed by atoms with Crippen LogP contribution in [-0.2, 0) is 14.2 Å². The maximum Gasteiger partial charge on any atom is 0.271 e. The van der Waals surface area contributed by atoms with Crippen LogP contribution in [-0.4, -0.2) is 122 Å². The zero-order valence-electron chi connectivity index (χ0n) is 45.4. The molecule has 21 nitrogen and oxygen atoms in total. The van der Waals surface area contributed by atoms with Gasteiger partial charge in [-0.3, -0.25) is 48.2 Å². The molecule has 8 heterocycles. The number of pyridine rings is 1. The van der Waals surface area contributed by atoms with Crippen molar-refractivity contribution in [1.82, 2.24) is 29.8 Å². The molecule has 9 aromatic rings. The molecule has 7 aliphatic rings. The zero-order valence-corrected chi connectivity index (χ0v) is 45.4.